The minimum Gasteiger partial charge on any atom is -0.327 e. The van der Waals surface area contributed by atoms with Crippen LogP contribution in [0.15, 0.2) is 12.2 Å². The van der Waals surface area contributed by atoms with Gasteiger partial charge in [-0.2, -0.15) is 0 Å². The molecule has 0 bridgehead atoms. The van der Waals surface area contributed by atoms with E-state index in [1.807, 2.05) is 0 Å². The van der Waals surface area contributed by atoms with E-state index in [1.54, 1.807) is 0 Å². The average Bonchev–Trinajstić information content (AvgIpc) is 1.94. The molecule has 0 saturated carbocycles. The summed E-state index contributed by atoms with van der Waals surface area (Å²) in [5.74, 6) is 1.98. The Hall–Kier alpha value is -0.300. The molecule has 0 saturated heterocycles. The van der Waals surface area contributed by atoms with Crippen molar-refractivity contribution in [1.29, 1.82) is 0 Å². The van der Waals surface area contributed by atoms with Crippen molar-refractivity contribution in [2.45, 2.75) is 33.2 Å². The van der Waals surface area contributed by atoms with Crippen LogP contribution in [0.5, 0.6) is 0 Å². The van der Waals surface area contributed by atoms with Crippen molar-refractivity contribution < 1.29 is 0 Å². The van der Waals surface area contributed by atoms with Crippen LogP contribution in [0.25, 0.3) is 0 Å². The quantitative estimate of drug-likeness (QED) is 0.574. The Morgan fingerprint density at radius 3 is 2.55 bits per heavy atom. The molecule has 64 valence electrons. The Balaban J connectivity index is 2.62. The molecule has 3 atom stereocenters. The monoisotopic (exact) mass is 153 g/mol. The highest BCUT2D eigenvalue weighted by Gasteiger charge is 2.26. The van der Waals surface area contributed by atoms with Gasteiger partial charge < -0.3 is 5.73 Å². The lowest BCUT2D eigenvalue weighted by Crippen LogP contribution is -2.39. The van der Waals surface area contributed by atoms with Crippen LogP contribution < -0.4 is 5.73 Å². The van der Waals surface area contributed by atoms with Gasteiger partial charge in [0.05, 0.1) is 0 Å². The van der Waals surface area contributed by atoms with E-state index >= 15 is 0 Å². The van der Waals surface area contributed by atoms with Crippen LogP contribution in [0, 0.1) is 17.8 Å². The number of rotatable bonds is 1. The van der Waals surface area contributed by atoms with Crippen molar-refractivity contribution in [3.05, 3.63) is 12.2 Å². The van der Waals surface area contributed by atoms with Gasteiger partial charge in [0.15, 0.2) is 0 Å². The summed E-state index contributed by atoms with van der Waals surface area (Å²) in [6.45, 7) is 6.72. The van der Waals surface area contributed by atoms with Gasteiger partial charge in [-0.25, -0.2) is 0 Å². The first-order valence-corrected chi connectivity index (χ1v) is 4.55. The molecule has 1 rings (SSSR count). The molecule has 3 unspecified atom stereocenters. The molecule has 0 amide bonds. The molecule has 0 heterocycles. The summed E-state index contributed by atoms with van der Waals surface area (Å²) in [5.41, 5.74) is 6.07. The Bertz CT molecular complexity index is 149. The standard InChI is InChI=1S/C10H19N/c1-7(2)9-6-4-5-8(3)10(9)11/h4-5,7-10H,6,11H2,1-3H3. The third kappa shape index (κ3) is 1.84. The summed E-state index contributed by atoms with van der Waals surface area (Å²) < 4.78 is 0. The van der Waals surface area contributed by atoms with Crippen molar-refractivity contribution in [3.8, 4) is 0 Å². The molecular formula is C10H19N. The average molecular weight is 153 g/mol. The van der Waals surface area contributed by atoms with Crippen LogP contribution in [-0.2, 0) is 0 Å². The zero-order valence-electron chi connectivity index (χ0n) is 7.75. The summed E-state index contributed by atoms with van der Waals surface area (Å²) >= 11 is 0. The molecule has 1 aliphatic carbocycles. The van der Waals surface area contributed by atoms with Gasteiger partial charge in [-0.05, 0) is 24.2 Å². The summed E-state index contributed by atoms with van der Waals surface area (Å²) in [6, 6.07) is 0.375. The third-order valence-corrected chi connectivity index (χ3v) is 2.81. The lowest BCUT2D eigenvalue weighted by atomic mass is 9.77. The molecule has 0 radical (unpaired) electrons. The summed E-state index contributed by atoms with van der Waals surface area (Å²) in [7, 11) is 0. The van der Waals surface area contributed by atoms with E-state index in [2.05, 4.69) is 32.9 Å². The van der Waals surface area contributed by atoms with Crippen molar-refractivity contribution in [3.63, 3.8) is 0 Å². The van der Waals surface area contributed by atoms with E-state index in [9.17, 15) is 0 Å². The van der Waals surface area contributed by atoms with Crippen LogP contribution in [-0.4, -0.2) is 6.04 Å². The zero-order chi connectivity index (χ0) is 8.43. The van der Waals surface area contributed by atoms with Crippen LogP contribution >= 0.6 is 0 Å². The van der Waals surface area contributed by atoms with E-state index in [-0.39, 0.29) is 0 Å². The lowest BCUT2D eigenvalue weighted by Gasteiger charge is -2.32. The van der Waals surface area contributed by atoms with Gasteiger partial charge in [-0.1, -0.05) is 32.9 Å². The number of hydrogen-bond acceptors (Lipinski definition) is 1. The molecular weight excluding hydrogens is 134 g/mol. The largest absolute Gasteiger partial charge is 0.327 e. The van der Waals surface area contributed by atoms with Gasteiger partial charge in [0, 0.05) is 6.04 Å². The van der Waals surface area contributed by atoms with Crippen LogP contribution in [0.1, 0.15) is 27.2 Å². The first kappa shape index (κ1) is 8.79. The molecule has 0 aromatic carbocycles. The van der Waals surface area contributed by atoms with Crippen molar-refractivity contribution in [2.24, 2.45) is 23.5 Å². The second-order valence-corrected chi connectivity index (χ2v) is 4.01. The molecule has 0 aliphatic heterocycles. The molecule has 0 spiro atoms. The summed E-state index contributed by atoms with van der Waals surface area (Å²) in [6.07, 6.45) is 5.69. The minimum absolute atomic E-state index is 0.375. The Labute approximate surface area is 69.7 Å². The van der Waals surface area contributed by atoms with Gasteiger partial charge in [-0.15, -0.1) is 0 Å². The molecule has 1 aliphatic rings. The Morgan fingerprint density at radius 2 is 2.09 bits per heavy atom. The normalized spacial score (nSPS) is 38.1. The number of hydrogen-bond donors (Lipinski definition) is 1. The third-order valence-electron chi connectivity index (χ3n) is 2.81. The molecule has 0 fully saturated rings. The first-order chi connectivity index (χ1) is 5.13. The van der Waals surface area contributed by atoms with Crippen LogP contribution in [0.3, 0.4) is 0 Å². The first-order valence-electron chi connectivity index (χ1n) is 4.55. The van der Waals surface area contributed by atoms with Gasteiger partial charge in [0.25, 0.3) is 0 Å². The maximum absolute atomic E-state index is 6.07. The van der Waals surface area contributed by atoms with Gasteiger partial charge in [0.1, 0.15) is 0 Å². The zero-order valence-corrected chi connectivity index (χ0v) is 7.75. The lowest BCUT2D eigenvalue weighted by molar-refractivity contribution is 0.271. The molecule has 0 aromatic rings. The minimum atomic E-state index is 0.375. The fourth-order valence-corrected chi connectivity index (χ4v) is 1.84. The fourth-order valence-electron chi connectivity index (χ4n) is 1.84. The van der Waals surface area contributed by atoms with Crippen molar-refractivity contribution in [1.82, 2.24) is 0 Å². The molecule has 2 N–H and O–H groups in total. The van der Waals surface area contributed by atoms with E-state index in [4.69, 9.17) is 5.73 Å². The topological polar surface area (TPSA) is 26.0 Å². The predicted molar refractivity (Wildman–Crippen MR) is 49.2 cm³/mol. The van der Waals surface area contributed by atoms with Crippen LogP contribution in [0.4, 0.5) is 0 Å². The van der Waals surface area contributed by atoms with Crippen LogP contribution in [0.2, 0.25) is 0 Å². The number of allylic oxidation sites excluding steroid dienone is 1. The summed E-state index contributed by atoms with van der Waals surface area (Å²) in [5, 5.41) is 0. The van der Waals surface area contributed by atoms with Gasteiger partial charge in [0.2, 0.25) is 0 Å². The van der Waals surface area contributed by atoms with Gasteiger partial charge in [-0.3, -0.25) is 0 Å². The molecule has 1 nitrogen and oxygen atoms in total. The smallest absolute Gasteiger partial charge is 0.0133 e. The van der Waals surface area contributed by atoms with E-state index in [0.717, 1.165) is 5.92 Å². The molecule has 0 aromatic heterocycles. The second kappa shape index (κ2) is 3.40. The number of nitrogens with two attached hydrogens (primary N) is 1. The maximum atomic E-state index is 6.07. The van der Waals surface area contributed by atoms with E-state index < -0.39 is 0 Å². The highest BCUT2D eigenvalue weighted by molar-refractivity contribution is 5.01. The fraction of sp³-hybridized carbons (Fsp3) is 0.800. The Morgan fingerprint density at radius 1 is 1.45 bits per heavy atom. The Kier molecular flexibility index (Phi) is 2.72. The second-order valence-electron chi connectivity index (χ2n) is 4.01. The van der Waals surface area contributed by atoms with Gasteiger partial charge >= 0.3 is 0 Å². The molecule has 11 heavy (non-hydrogen) atoms. The van der Waals surface area contributed by atoms with Crippen molar-refractivity contribution in [2.75, 3.05) is 0 Å². The van der Waals surface area contributed by atoms with Crippen molar-refractivity contribution >= 4 is 0 Å². The highest BCUT2D eigenvalue weighted by atomic mass is 14.7. The predicted octanol–water partition coefficient (Wildman–Crippen LogP) is 2.18. The summed E-state index contributed by atoms with van der Waals surface area (Å²) in [4.78, 5) is 0. The highest BCUT2D eigenvalue weighted by Crippen LogP contribution is 2.27. The molecule has 1 heteroatoms. The van der Waals surface area contributed by atoms with E-state index in [1.165, 1.54) is 6.42 Å². The maximum Gasteiger partial charge on any atom is 0.0133 e. The SMILES string of the molecule is CC(C)C1CC=CC(C)C1N. The van der Waals surface area contributed by atoms with E-state index in [0.29, 0.717) is 17.9 Å².